The van der Waals surface area contributed by atoms with Crippen LogP contribution in [0, 0.1) is 11.6 Å². The first kappa shape index (κ1) is 13.3. The minimum atomic E-state index is -1.00. The monoisotopic (exact) mass is 288 g/mol. The first-order valence-electron chi connectivity index (χ1n) is 6.09. The summed E-state index contributed by atoms with van der Waals surface area (Å²) in [6.07, 6.45) is 1.55. The van der Waals surface area contributed by atoms with Crippen molar-refractivity contribution in [1.29, 1.82) is 0 Å². The van der Waals surface area contributed by atoms with E-state index in [1.54, 1.807) is 30.5 Å². The largest absolute Gasteiger partial charge is 0.464 e. The summed E-state index contributed by atoms with van der Waals surface area (Å²) in [5, 5.41) is 10.0. The predicted molar refractivity (Wildman–Crippen MR) is 73.7 cm³/mol. The Morgan fingerprint density at radius 1 is 1.05 bits per heavy atom. The van der Waals surface area contributed by atoms with Gasteiger partial charge in [0.25, 0.3) is 0 Å². The smallest absolute Gasteiger partial charge is 0.160 e. The number of hydroxylamine groups is 1. The van der Waals surface area contributed by atoms with Gasteiger partial charge in [-0.25, -0.2) is 13.8 Å². The third-order valence-corrected chi connectivity index (χ3v) is 2.98. The molecule has 1 aromatic heterocycles. The van der Waals surface area contributed by atoms with Gasteiger partial charge in [0.2, 0.25) is 0 Å². The highest BCUT2D eigenvalue weighted by atomic mass is 19.2. The van der Waals surface area contributed by atoms with Crippen LogP contribution >= 0.6 is 0 Å². The average Bonchev–Trinajstić information content (AvgIpc) is 2.95. The van der Waals surface area contributed by atoms with Crippen molar-refractivity contribution in [2.24, 2.45) is 4.99 Å². The number of halogens is 2. The normalized spacial score (nSPS) is 11.9. The number of nitrogens with one attached hydrogen (secondary N) is 1. The van der Waals surface area contributed by atoms with E-state index in [2.05, 4.69) is 4.99 Å². The Balaban J connectivity index is 2.03. The highest BCUT2D eigenvalue weighted by molar-refractivity contribution is 6.02. The zero-order chi connectivity index (χ0) is 14.8. The van der Waals surface area contributed by atoms with Crippen molar-refractivity contribution < 1.29 is 18.4 Å². The lowest BCUT2D eigenvalue weighted by atomic mass is 10.1. The number of rotatable bonds is 2. The van der Waals surface area contributed by atoms with Crippen molar-refractivity contribution in [2.75, 3.05) is 0 Å². The number of furan rings is 1. The first-order chi connectivity index (χ1) is 10.2. The van der Waals surface area contributed by atoms with Crippen LogP contribution in [0.4, 0.5) is 14.5 Å². The molecule has 4 nitrogen and oxygen atoms in total. The van der Waals surface area contributed by atoms with Gasteiger partial charge in [0.05, 0.1) is 12.0 Å². The van der Waals surface area contributed by atoms with Crippen molar-refractivity contribution in [3.05, 3.63) is 65.9 Å². The van der Waals surface area contributed by atoms with Gasteiger partial charge in [0.15, 0.2) is 17.5 Å². The number of benzene rings is 2. The molecule has 0 spiro atoms. The van der Waals surface area contributed by atoms with Gasteiger partial charge in [0.1, 0.15) is 5.58 Å². The zero-order valence-corrected chi connectivity index (χ0v) is 10.7. The van der Waals surface area contributed by atoms with Gasteiger partial charge >= 0.3 is 0 Å². The lowest BCUT2D eigenvalue weighted by Crippen LogP contribution is -2.19. The molecule has 0 amide bonds. The molecule has 0 unspecified atom stereocenters. The maximum absolute atomic E-state index is 13.2. The van der Waals surface area contributed by atoms with E-state index in [4.69, 9.17) is 4.42 Å². The molecule has 3 aromatic rings. The molecule has 2 aromatic carbocycles. The number of hydrogen-bond acceptors (Lipinski definition) is 3. The standard InChI is InChI=1S/C15H10F2N2O2/c16-12-3-2-11(8-13(12)17)18-15(19-20)10-1-4-14-9(7-10)5-6-21-14/h1-8,20H,(H,18,19). The fourth-order valence-electron chi connectivity index (χ4n) is 1.95. The number of nitrogens with zero attached hydrogens (tertiary/aromatic N) is 1. The Morgan fingerprint density at radius 2 is 1.90 bits per heavy atom. The molecule has 21 heavy (non-hydrogen) atoms. The third-order valence-electron chi connectivity index (χ3n) is 2.98. The van der Waals surface area contributed by atoms with E-state index in [1.165, 1.54) is 6.07 Å². The Hall–Kier alpha value is -2.73. The van der Waals surface area contributed by atoms with Crippen LogP contribution in [-0.2, 0) is 0 Å². The Kier molecular flexibility index (Phi) is 3.37. The molecule has 0 aliphatic rings. The molecule has 0 aliphatic heterocycles. The summed E-state index contributed by atoms with van der Waals surface area (Å²) in [4.78, 5) is 4.06. The van der Waals surface area contributed by atoms with Crippen LogP contribution in [0.3, 0.4) is 0 Å². The molecule has 0 bridgehead atoms. The summed E-state index contributed by atoms with van der Waals surface area (Å²) >= 11 is 0. The van der Waals surface area contributed by atoms with Gasteiger partial charge in [-0.3, -0.25) is 10.7 Å². The number of amidine groups is 1. The Bertz CT molecular complexity index is 827. The molecule has 0 saturated carbocycles. The molecule has 0 fully saturated rings. The van der Waals surface area contributed by atoms with E-state index in [0.717, 1.165) is 17.5 Å². The molecule has 106 valence electrons. The molecule has 2 N–H and O–H groups in total. The van der Waals surface area contributed by atoms with Gasteiger partial charge < -0.3 is 4.42 Å². The maximum atomic E-state index is 13.2. The van der Waals surface area contributed by atoms with Crippen molar-refractivity contribution in [2.45, 2.75) is 0 Å². The van der Waals surface area contributed by atoms with E-state index in [0.29, 0.717) is 11.1 Å². The van der Waals surface area contributed by atoms with Crippen LogP contribution < -0.4 is 5.48 Å². The van der Waals surface area contributed by atoms with Gasteiger partial charge in [0, 0.05) is 17.0 Å². The van der Waals surface area contributed by atoms with E-state index in [9.17, 15) is 14.0 Å². The number of fused-ring (bicyclic) bond motifs is 1. The van der Waals surface area contributed by atoms with Gasteiger partial charge in [-0.2, -0.15) is 0 Å². The molecule has 0 atom stereocenters. The van der Waals surface area contributed by atoms with E-state index < -0.39 is 11.6 Å². The third kappa shape index (κ3) is 2.61. The van der Waals surface area contributed by atoms with Crippen molar-refractivity contribution in [1.82, 2.24) is 5.48 Å². The summed E-state index contributed by atoms with van der Waals surface area (Å²) in [5.41, 5.74) is 3.42. The van der Waals surface area contributed by atoms with Crippen LogP contribution in [-0.4, -0.2) is 11.0 Å². The summed E-state index contributed by atoms with van der Waals surface area (Å²) in [6.45, 7) is 0. The minimum absolute atomic E-state index is 0.115. The number of hydrogen-bond donors (Lipinski definition) is 2. The molecule has 0 aliphatic carbocycles. The summed E-state index contributed by atoms with van der Waals surface area (Å²) < 4.78 is 31.3. The van der Waals surface area contributed by atoms with Gasteiger partial charge in [-0.1, -0.05) is 0 Å². The van der Waals surface area contributed by atoms with Crippen molar-refractivity contribution >= 4 is 22.5 Å². The second-order valence-corrected chi connectivity index (χ2v) is 4.34. The number of aliphatic imine (C=N–C) groups is 1. The van der Waals surface area contributed by atoms with E-state index >= 15 is 0 Å². The lowest BCUT2D eigenvalue weighted by Gasteiger charge is -2.05. The molecule has 1 heterocycles. The first-order valence-corrected chi connectivity index (χ1v) is 6.09. The summed E-state index contributed by atoms with van der Waals surface area (Å²) in [6, 6.07) is 10.2. The van der Waals surface area contributed by atoms with Crippen LogP contribution in [0.15, 0.2) is 58.1 Å². The molecule has 3 rings (SSSR count). The van der Waals surface area contributed by atoms with Crippen molar-refractivity contribution in [3.63, 3.8) is 0 Å². The van der Waals surface area contributed by atoms with Crippen LogP contribution in [0.5, 0.6) is 0 Å². The second kappa shape index (κ2) is 5.34. The van der Waals surface area contributed by atoms with Crippen molar-refractivity contribution in [3.8, 4) is 0 Å². The van der Waals surface area contributed by atoms with E-state index in [-0.39, 0.29) is 11.5 Å². The van der Waals surface area contributed by atoms with Crippen LogP contribution in [0.1, 0.15) is 5.56 Å². The van der Waals surface area contributed by atoms with Gasteiger partial charge in [-0.15, -0.1) is 0 Å². The summed E-state index contributed by atoms with van der Waals surface area (Å²) in [5.74, 6) is -1.84. The SMILES string of the molecule is ONC(=Nc1ccc(F)c(F)c1)c1ccc2occc2c1. The minimum Gasteiger partial charge on any atom is -0.464 e. The lowest BCUT2D eigenvalue weighted by molar-refractivity contribution is 0.235. The van der Waals surface area contributed by atoms with Crippen LogP contribution in [0.2, 0.25) is 0 Å². The quantitative estimate of drug-likeness (QED) is 0.429. The predicted octanol–water partition coefficient (Wildman–Crippen LogP) is 3.77. The summed E-state index contributed by atoms with van der Waals surface area (Å²) in [7, 11) is 0. The Morgan fingerprint density at radius 3 is 2.67 bits per heavy atom. The van der Waals surface area contributed by atoms with Crippen LogP contribution in [0.25, 0.3) is 11.0 Å². The van der Waals surface area contributed by atoms with E-state index in [1.807, 2.05) is 5.48 Å². The fourth-order valence-corrected chi connectivity index (χ4v) is 1.95. The zero-order valence-electron chi connectivity index (χ0n) is 10.7. The molecule has 6 heteroatoms. The molecular formula is C15H10F2N2O2. The maximum Gasteiger partial charge on any atom is 0.160 e. The molecular weight excluding hydrogens is 278 g/mol. The van der Waals surface area contributed by atoms with Gasteiger partial charge in [-0.05, 0) is 36.4 Å². The fraction of sp³-hybridized carbons (Fsp3) is 0. The molecule has 0 saturated heterocycles. The average molecular weight is 288 g/mol. The molecule has 0 radical (unpaired) electrons. The second-order valence-electron chi connectivity index (χ2n) is 4.34. The highest BCUT2D eigenvalue weighted by Crippen LogP contribution is 2.20. The highest BCUT2D eigenvalue weighted by Gasteiger charge is 2.07. The Labute approximate surface area is 118 Å². The topological polar surface area (TPSA) is 57.8 Å².